The summed E-state index contributed by atoms with van der Waals surface area (Å²) < 4.78 is 12.2. The Labute approximate surface area is 134 Å². The number of carboxylic acids is 1. The third-order valence-corrected chi connectivity index (χ3v) is 3.58. The number of methoxy groups -OCH3 is 2. The zero-order valence-electron chi connectivity index (χ0n) is 13.6. The number of hydrogen-bond acceptors (Lipinski definition) is 5. The van der Waals surface area contributed by atoms with Gasteiger partial charge in [0.1, 0.15) is 0 Å². The lowest BCUT2D eigenvalue weighted by Crippen LogP contribution is -2.09. The number of rotatable bonds is 8. The minimum absolute atomic E-state index is 0.00381. The molecule has 0 aliphatic heterocycles. The Balaban J connectivity index is 2.34. The minimum Gasteiger partial charge on any atom is -0.493 e. The first-order valence-electron chi connectivity index (χ1n) is 7.47. The third kappa shape index (κ3) is 3.80. The zero-order chi connectivity index (χ0) is 16.8. The fourth-order valence-corrected chi connectivity index (χ4v) is 2.35. The number of aryl methyl sites for hydroxylation is 1. The molecule has 0 radical (unpaired) electrons. The summed E-state index contributed by atoms with van der Waals surface area (Å²) in [6.45, 7) is 2.72. The van der Waals surface area contributed by atoms with Crippen LogP contribution in [0.2, 0.25) is 0 Å². The van der Waals surface area contributed by atoms with Crippen molar-refractivity contribution in [3.8, 4) is 11.5 Å². The molecule has 0 amide bonds. The molecule has 7 heteroatoms. The Bertz CT molecular complexity index is 682. The highest BCUT2D eigenvalue weighted by molar-refractivity contribution is 5.86. The highest BCUT2D eigenvalue weighted by atomic mass is 16.5. The smallest absolute Gasteiger partial charge is 0.358 e. The summed E-state index contributed by atoms with van der Waals surface area (Å²) in [5.74, 6) is 0.171. The van der Waals surface area contributed by atoms with Crippen LogP contribution in [0.15, 0.2) is 18.2 Å². The van der Waals surface area contributed by atoms with Crippen LogP contribution in [0, 0.1) is 0 Å². The maximum atomic E-state index is 11.4. The largest absolute Gasteiger partial charge is 0.493 e. The number of aromatic nitrogens is 3. The van der Waals surface area contributed by atoms with Gasteiger partial charge in [-0.05, 0) is 24.1 Å². The zero-order valence-corrected chi connectivity index (χ0v) is 13.6. The van der Waals surface area contributed by atoms with E-state index in [9.17, 15) is 9.90 Å². The van der Waals surface area contributed by atoms with Crippen LogP contribution in [0.1, 0.15) is 41.5 Å². The first-order chi connectivity index (χ1) is 11.1. The van der Waals surface area contributed by atoms with Crippen molar-refractivity contribution in [1.82, 2.24) is 15.0 Å². The van der Waals surface area contributed by atoms with E-state index in [-0.39, 0.29) is 5.69 Å². The number of hydrogen-bond donors (Lipinski definition) is 1. The van der Waals surface area contributed by atoms with Crippen LogP contribution in [0.3, 0.4) is 0 Å². The van der Waals surface area contributed by atoms with E-state index in [1.165, 1.54) is 0 Å². The van der Waals surface area contributed by atoms with Crippen LogP contribution in [-0.4, -0.2) is 40.3 Å². The maximum Gasteiger partial charge on any atom is 0.358 e. The number of benzene rings is 1. The van der Waals surface area contributed by atoms with Gasteiger partial charge in [-0.25, -0.2) is 9.48 Å². The fraction of sp³-hybridized carbons (Fsp3) is 0.438. The number of aromatic carboxylic acids is 1. The molecule has 0 bridgehead atoms. The molecule has 124 valence electrons. The van der Waals surface area contributed by atoms with E-state index >= 15 is 0 Å². The predicted molar refractivity (Wildman–Crippen MR) is 84.2 cm³/mol. The molecule has 0 fully saturated rings. The van der Waals surface area contributed by atoms with E-state index in [2.05, 4.69) is 17.2 Å². The van der Waals surface area contributed by atoms with Crippen molar-refractivity contribution in [2.45, 2.75) is 32.7 Å². The summed E-state index contributed by atoms with van der Waals surface area (Å²) >= 11 is 0. The van der Waals surface area contributed by atoms with Crippen molar-refractivity contribution >= 4 is 5.97 Å². The van der Waals surface area contributed by atoms with Crippen molar-refractivity contribution < 1.29 is 19.4 Å². The number of carbonyl (C=O) groups is 1. The van der Waals surface area contributed by atoms with Crippen molar-refractivity contribution in [3.63, 3.8) is 0 Å². The van der Waals surface area contributed by atoms with Gasteiger partial charge in [0, 0.05) is 13.0 Å². The lowest BCUT2D eigenvalue weighted by molar-refractivity contribution is 0.0689. The SMILES string of the molecule is CCCCn1nnc(C(=O)O)c1Cc1ccc(OC)c(OC)c1. The van der Waals surface area contributed by atoms with E-state index in [1.807, 2.05) is 12.1 Å². The van der Waals surface area contributed by atoms with Crippen LogP contribution >= 0.6 is 0 Å². The summed E-state index contributed by atoms with van der Waals surface area (Å²) in [6.07, 6.45) is 2.33. The van der Waals surface area contributed by atoms with E-state index in [0.29, 0.717) is 30.2 Å². The van der Waals surface area contributed by atoms with Crippen molar-refractivity contribution in [2.24, 2.45) is 0 Å². The molecule has 1 N–H and O–H groups in total. The van der Waals surface area contributed by atoms with Crippen LogP contribution in [0.5, 0.6) is 11.5 Å². The molecule has 1 heterocycles. The topological polar surface area (TPSA) is 86.5 Å². The summed E-state index contributed by atoms with van der Waals surface area (Å²) in [5, 5.41) is 17.1. The van der Waals surface area contributed by atoms with Gasteiger partial charge < -0.3 is 14.6 Å². The van der Waals surface area contributed by atoms with E-state index < -0.39 is 5.97 Å². The van der Waals surface area contributed by atoms with Gasteiger partial charge >= 0.3 is 5.97 Å². The van der Waals surface area contributed by atoms with Crippen molar-refractivity contribution in [3.05, 3.63) is 35.2 Å². The molecule has 0 saturated carbocycles. The van der Waals surface area contributed by atoms with E-state index in [0.717, 1.165) is 18.4 Å². The molecule has 0 unspecified atom stereocenters. The molecule has 0 saturated heterocycles. The number of unbranched alkanes of at least 4 members (excludes halogenated alkanes) is 1. The second kappa shape index (κ2) is 7.62. The summed E-state index contributed by atoms with van der Waals surface area (Å²) in [5.41, 5.74) is 1.50. The number of ether oxygens (including phenoxy) is 2. The van der Waals surface area contributed by atoms with Gasteiger partial charge in [0.25, 0.3) is 0 Å². The van der Waals surface area contributed by atoms with Gasteiger partial charge in [0.05, 0.1) is 19.9 Å². The lowest BCUT2D eigenvalue weighted by atomic mass is 10.1. The summed E-state index contributed by atoms with van der Waals surface area (Å²) in [7, 11) is 3.14. The Morgan fingerprint density at radius 2 is 2.00 bits per heavy atom. The molecule has 1 aromatic carbocycles. The van der Waals surface area contributed by atoms with Crippen LogP contribution in [0.4, 0.5) is 0 Å². The molecule has 0 spiro atoms. The Kier molecular flexibility index (Phi) is 5.56. The minimum atomic E-state index is -1.07. The van der Waals surface area contributed by atoms with E-state index in [1.54, 1.807) is 25.0 Å². The molecule has 23 heavy (non-hydrogen) atoms. The lowest BCUT2D eigenvalue weighted by Gasteiger charge is -2.11. The molecule has 0 aliphatic carbocycles. The highest BCUT2D eigenvalue weighted by Gasteiger charge is 2.19. The normalized spacial score (nSPS) is 10.6. The molecular formula is C16H21N3O4. The van der Waals surface area contributed by atoms with Gasteiger partial charge in [0.2, 0.25) is 0 Å². The van der Waals surface area contributed by atoms with Gasteiger partial charge in [-0.2, -0.15) is 0 Å². The van der Waals surface area contributed by atoms with Crippen LogP contribution in [-0.2, 0) is 13.0 Å². The Morgan fingerprint density at radius 1 is 1.26 bits per heavy atom. The Morgan fingerprint density at radius 3 is 2.61 bits per heavy atom. The van der Waals surface area contributed by atoms with E-state index in [4.69, 9.17) is 9.47 Å². The van der Waals surface area contributed by atoms with Crippen LogP contribution < -0.4 is 9.47 Å². The van der Waals surface area contributed by atoms with Gasteiger partial charge in [-0.1, -0.05) is 24.6 Å². The fourth-order valence-electron chi connectivity index (χ4n) is 2.35. The van der Waals surface area contributed by atoms with Crippen molar-refractivity contribution in [2.75, 3.05) is 14.2 Å². The molecular weight excluding hydrogens is 298 g/mol. The average molecular weight is 319 g/mol. The first-order valence-corrected chi connectivity index (χ1v) is 7.47. The number of carboxylic acid groups (broad SMARTS) is 1. The molecule has 1 aromatic heterocycles. The van der Waals surface area contributed by atoms with Gasteiger partial charge in [-0.3, -0.25) is 0 Å². The average Bonchev–Trinajstić information content (AvgIpc) is 2.95. The molecule has 0 aliphatic rings. The molecule has 7 nitrogen and oxygen atoms in total. The predicted octanol–water partition coefficient (Wildman–Crippen LogP) is 2.38. The van der Waals surface area contributed by atoms with Crippen molar-refractivity contribution in [1.29, 1.82) is 0 Å². The standard InChI is InChI=1S/C16H21N3O4/c1-4-5-8-19-12(15(16(20)21)17-18-19)9-11-6-7-13(22-2)14(10-11)23-3/h6-7,10H,4-5,8-9H2,1-3H3,(H,20,21). The van der Waals surface area contributed by atoms with Crippen LogP contribution in [0.25, 0.3) is 0 Å². The first kappa shape index (κ1) is 16.8. The molecule has 0 atom stereocenters. The maximum absolute atomic E-state index is 11.4. The molecule has 2 rings (SSSR count). The second-order valence-electron chi connectivity index (χ2n) is 5.13. The summed E-state index contributed by atoms with van der Waals surface area (Å²) in [4.78, 5) is 11.4. The monoisotopic (exact) mass is 319 g/mol. The third-order valence-electron chi connectivity index (χ3n) is 3.58. The van der Waals surface area contributed by atoms with Gasteiger partial charge in [-0.15, -0.1) is 5.10 Å². The quantitative estimate of drug-likeness (QED) is 0.804. The Hall–Kier alpha value is -2.57. The summed E-state index contributed by atoms with van der Waals surface area (Å²) in [6, 6.07) is 5.51. The van der Waals surface area contributed by atoms with Gasteiger partial charge in [0.15, 0.2) is 17.2 Å². The highest BCUT2D eigenvalue weighted by Crippen LogP contribution is 2.28. The number of nitrogens with zero attached hydrogens (tertiary/aromatic N) is 3. The second-order valence-corrected chi connectivity index (χ2v) is 5.13. The molecule has 2 aromatic rings.